The minimum atomic E-state index is 0.317. The first-order valence-electron chi connectivity index (χ1n) is 15.9. The Hall–Kier alpha value is -1.96. The van der Waals surface area contributed by atoms with Crippen LogP contribution in [0, 0.1) is 24.7 Å². The van der Waals surface area contributed by atoms with Crippen molar-refractivity contribution in [3.05, 3.63) is 59.7 Å². The molecule has 3 saturated carbocycles. The number of hydrogen-bond acceptors (Lipinski definition) is 2. The molecule has 2 heteroatoms. The van der Waals surface area contributed by atoms with Gasteiger partial charge in [0.05, 0.1) is 6.04 Å². The van der Waals surface area contributed by atoms with Gasteiger partial charge in [0.25, 0.3) is 0 Å². The number of nitrogens with zero attached hydrogens (tertiary/aromatic N) is 2. The van der Waals surface area contributed by atoms with Crippen molar-refractivity contribution in [2.75, 3.05) is 9.80 Å². The van der Waals surface area contributed by atoms with Crippen molar-refractivity contribution in [3.63, 3.8) is 0 Å². The lowest BCUT2D eigenvalue weighted by atomic mass is 9.55. The molecule has 0 N–H and O–H groups in total. The molecule has 5 aliphatic rings. The number of para-hydroxylation sites is 2. The van der Waals surface area contributed by atoms with Crippen molar-refractivity contribution >= 4 is 11.4 Å². The normalized spacial score (nSPS) is 33.2. The molecule has 0 amide bonds. The van der Waals surface area contributed by atoms with Crippen LogP contribution in [0.25, 0.3) is 0 Å². The molecular formula is C35H48N2. The monoisotopic (exact) mass is 496 g/mol. The van der Waals surface area contributed by atoms with Gasteiger partial charge in [0.15, 0.2) is 0 Å². The van der Waals surface area contributed by atoms with Crippen LogP contribution in [0.2, 0.25) is 0 Å². The highest BCUT2D eigenvalue weighted by atomic mass is 15.5. The van der Waals surface area contributed by atoms with E-state index in [0.29, 0.717) is 23.7 Å². The number of benzene rings is 2. The highest BCUT2D eigenvalue weighted by Gasteiger charge is 2.66. The third-order valence-corrected chi connectivity index (χ3v) is 11.7. The quantitative estimate of drug-likeness (QED) is 0.417. The first-order valence-corrected chi connectivity index (χ1v) is 15.9. The van der Waals surface area contributed by atoms with E-state index < -0.39 is 0 Å². The van der Waals surface area contributed by atoms with Crippen LogP contribution >= 0.6 is 0 Å². The lowest BCUT2D eigenvalue weighted by molar-refractivity contribution is 0.105. The molecule has 0 radical (unpaired) electrons. The predicted octanol–water partition coefficient (Wildman–Crippen LogP) is 9.01. The average Bonchev–Trinajstić information content (AvgIpc) is 3.65. The van der Waals surface area contributed by atoms with E-state index in [1.54, 1.807) is 11.3 Å². The number of aryl methyl sites for hydroxylation is 1. The van der Waals surface area contributed by atoms with Crippen molar-refractivity contribution in [2.24, 2.45) is 17.8 Å². The highest BCUT2D eigenvalue weighted by Crippen LogP contribution is 2.64. The van der Waals surface area contributed by atoms with Gasteiger partial charge in [-0.25, -0.2) is 0 Å². The standard InChI is InChI=1S/C35H48N2/c1-25-15-9-13-23-31(25)36-26(2)33-35(29-20-10-11-21-29,28-18-7-4-8-19-28)30-22-12-14-24-32(30)37(33)34(36)27-16-5-3-6-17-27/h9,12-15,22-24,26-29,33-34H,3-8,10-11,16-21H2,1-2H3/t26-,33?,34?,35?/m0/s1. The molecule has 2 aromatic carbocycles. The van der Waals surface area contributed by atoms with E-state index in [9.17, 15) is 0 Å². The van der Waals surface area contributed by atoms with Gasteiger partial charge in [0, 0.05) is 22.8 Å². The summed E-state index contributed by atoms with van der Waals surface area (Å²) >= 11 is 0. The molecule has 2 heterocycles. The topological polar surface area (TPSA) is 6.48 Å². The van der Waals surface area contributed by atoms with E-state index in [-0.39, 0.29) is 0 Å². The van der Waals surface area contributed by atoms with Gasteiger partial charge in [0.2, 0.25) is 0 Å². The number of anilines is 2. The van der Waals surface area contributed by atoms with Gasteiger partial charge in [-0.2, -0.15) is 0 Å². The largest absolute Gasteiger partial charge is 0.346 e. The third kappa shape index (κ3) is 3.56. The molecule has 2 aliphatic heterocycles. The fraction of sp³-hybridized carbons (Fsp3) is 0.657. The summed E-state index contributed by atoms with van der Waals surface area (Å²) in [5.41, 5.74) is 6.65. The fourth-order valence-electron chi connectivity index (χ4n) is 10.4. The van der Waals surface area contributed by atoms with Crippen LogP contribution < -0.4 is 9.80 Å². The zero-order valence-corrected chi connectivity index (χ0v) is 23.4. The molecule has 4 atom stereocenters. The van der Waals surface area contributed by atoms with E-state index >= 15 is 0 Å². The van der Waals surface area contributed by atoms with E-state index in [4.69, 9.17) is 0 Å². The Morgan fingerprint density at radius 3 is 1.81 bits per heavy atom. The van der Waals surface area contributed by atoms with E-state index in [0.717, 1.165) is 17.8 Å². The molecular weight excluding hydrogens is 448 g/mol. The molecule has 0 bridgehead atoms. The van der Waals surface area contributed by atoms with Gasteiger partial charge >= 0.3 is 0 Å². The van der Waals surface area contributed by atoms with Gasteiger partial charge in [-0.15, -0.1) is 0 Å². The minimum absolute atomic E-state index is 0.317. The molecule has 1 saturated heterocycles. The van der Waals surface area contributed by atoms with E-state index in [1.807, 2.05) is 0 Å². The summed E-state index contributed by atoms with van der Waals surface area (Å²) in [6, 6.07) is 20.3. The molecule has 4 fully saturated rings. The lowest BCUT2D eigenvalue weighted by Crippen LogP contribution is -2.56. The summed E-state index contributed by atoms with van der Waals surface area (Å²) in [6.07, 6.45) is 20.5. The smallest absolute Gasteiger partial charge is 0.105 e. The Labute approximate surface area is 225 Å². The summed E-state index contributed by atoms with van der Waals surface area (Å²) < 4.78 is 0. The Morgan fingerprint density at radius 1 is 0.622 bits per heavy atom. The zero-order valence-electron chi connectivity index (χ0n) is 23.4. The van der Waals surface area contributed by atoms with E-state index in [1.165, 1.54) is 101 Å². The SMILES string of the molecule is Cc1ccccc1N1C(C2CCCCC2)N2c3ccccc3C(C3CCCCC3)(C3CCCC3)C2[C@@H]1C. The molecule has 2 nitrogen and oxygen atoms in total. The number of rotatable bonds is 4. The van der Waals surface area contributed by atoms with Crippen LogP contribution in [-0.4, -0.2) is 18.2 Å². The van der Waals surface area contributed by atoms with Gasteiger partial charge in [0.1, 0.15) is 6.17 Å². The van der Waals surface area contributed by atoms with Gasteiger partial charge in [-0.1, -0.05) is 87.8 Å². The second-order valence-corrected chi connectivity index (χ2v) is 13.4. The first-order chi connectivity index (χ1) is 18.2. The van der Waals surface area contributed by atoms with Crippen molar-refractivity contribution in [1.82, 2.24) is 0 Å². The van der Waals surface area contributed by atoms with Gasteiger partial charge in [-0.3, -0.25) is 0 Å². The third-order valence-electron chi connectivity index (χ3n) is 11.7. The Bertz CT molecular complexity index is 1090. The van der Waals surface area contributed by atoms with E-state index in [2.05, 4.69) is 72.2 Å². The van der Waals surface area contributed by atoms with Crippen molar-refractivity contribution in [3.8, 4) is 0 Å². The van der Waals surface area contributed by atoms with Crippen LogP contribution in [0.3, 0.4) is 0 Å². The molecule has 7 rings (SSSR count). The summed E-state index contributed by atoms with van der Waals surface area (Å²) in [6.45, 7) is 4.98. The van der Waals surface area contributed by atoms with Crippen LogP contribution in [0.15, 0.2) is 48.5 Å². The minimum Gasteiger partial charge on any atom is -0.346 e. The summed E-state index contributed by atoms with van der Waals surface area (Å²) in [5.74, 6) is 2.45. The Morgan fingerprint density at radius 2 is 1.16 bits per heavy atom. The van der Waals surface area contributed by atoms with Crippen LogP contribution in [0.4, 0.5) is 11.4 Å². The fourth-order valence-corrected chi connectivity index (χ4v) is 10.4. The summed E-state index contributed by atoms with van der Waals surface area (Å²) in [4.78, 5) is 6.02. The maximum atomic E-state index is 3.06. The maximum absolute atomic E-state index is 3.06. The second-order valence-electron chi connectivity index (χ2n) is 13.4. The predicted molar refractivity (Wildman–Crippen MR) is 156 cm³/mol. The molecule has 198 valence electrons. The molecule has 3 unspecified atom stereocenters. The van der Waals surface area contributed by atoms with Crippen LogP contribution in [-0.2, 0) is 5.41 Å². The van der Waals surface area contributed by atoms with Crippen molar-refractivity contribution < 1.29 is 0 Å². The van der Waals surface area contributed by atoms with Gasteiger partial charge < -0.3 is 9.80 Å². The van der Waals surface area contributed by atoms with Crippen LogP contribution in [0.1, 0.15) is 108 Å². The highest BCUT2D eigenvalue weighted by molar-refractivity contribution is 5.72. The Kier molecular flexibility index (Phi) is 6.29. The summed E-state index contributed by atoms with van der Waals surface area (Å²) in [5, 5.41) is 0. The maximum Gasteiger partial charge on any atom is 0.105 e. The average molecular weight is 497 g/mol. The molecule has 0 spiro atoms. The zero-order chi connectivity index (χ0) is 25.0. The second kappa shape index (κ2) is 9.65. The molecule has 3 aliphatic carbocycles. The van der Waals surface area contributed by atoms with Crippen molar-refractivity contribution in [2.45, 2.75) is 127 Å². The van der Waals surface area contributed by atoms with Crippen molar-refractivity contribution in [1.29, 1.82) is 0 Å². The Balaban J connectivity index is 1.45. The van der Waals surface area contributed by atoms with Gasteiger partial charge in [-0.05, 0) is 93.4 Å². The van der Waals surface area contributed by atoms with Crippen LogP contribution in [0.5, 0.6) is 0 Å². The number of hydrogen-bond donors (Lipinski definition) is 0. The number of fused-ring (bicyclic) bond motifs is 3. The molecule has 2 aromatic rings. The lowest BCUT2D eigenvalue weighted by Gasteiger charge is -2.50. The first kappa shape index (κ1) is 24.1. The molecule has 0 aromatic heterocycles. The summed E-state index contributed by atoms with van der Waals surface area (Å²) in [7, 11) is 0. The molecule has 37 heavy (non-hydrogen) atoms.